The standard InChI is InChI=1S/C18H26O7/c1-18(2,3)17(22)24-10-12-13(19)14(20)15(21)16(25-12)23-9-11-7-5-4-6-8-11/h4-8,12-16,19-21H,9-10H2,1-3H3/t12-,13+,14+,15-,16-/m1/s1. The molecular formula is C18H26O7. The van der Waals surface area contributed by atoms with Gasteiger partial charge in [0.15, 0.2) is 6.29 Å². The lowest BCUT2D eigenvalue weighted by Gasteiger charge is -2.40. The normalized spacial score (nSPS) is 30.1. The zero-order chi connectivity index (χ0) is 18.6. The number of hydrogen-bond acceptors (Lipinski definition) is 7. The molecule has 140 valence electrons. The van der Waals surface area contributed by atoms with E-state index in [4.69, 9.17) is 14.2 Å². The first-order valence-electron chi connectivity index (χ1n) is 8.22. The Morgan fingerprint density at radius 1 is 1.08 bits per heavy atom. The number of aliphatic hydroxyl groups is 3. The first-order chi connectivity index (χ1) is 11.7. The summed E-state index contributed by atoms with van der Waals surface area (Å²) in [6, 6.07) is 9.27. The summed E-state index contributed by atoms with van der Waals surface area (Å²) in [6.45, 7) is 5.04. The second-order valence-corrected chi connectivity index (χ2v) is 7.16. The monoisotopic (exact) mass is 354 g/mol. The Balaban J connectivity index is 1.95. The summed E-state index contributed by atoms with van der Waals surface area (Å²) >= 11 is 0. The van der Waals surface area contributed by atoms with Gasteiger partial charge in [-0.05, 0) is 26.3 Å². The van der Waals surface area contributed by atoms with Crippen LogP contribution in [0.2, 0.25) is 0 Å². The lowest BCUT2D eigenvalue weighted by Crippen LogP contribution is -2.59. The number of carbonyl (C=O) groups is 1. The van der Waals surface area contributed by atoms with E-state index in [1.165, 1.54) is 0 Å². The molecule has 2 rings (SSSR count). The van der Waals surface area contributed by atoms with Crippen LogP contribution in [0.25, 0.3) is 0 Å². The molecule has 0 amide bonds. The number of carbonyl (C=O) groups excluding carboxylic acids is 1. The van der Waals surface area contributed by atoms with E-state index in [2.05, 4.69) is 0 Å². The zero-order valence-electron chi connectivity index (χ0n) is 14.7. The van der Waals surface area contributed by atoms with Gasteiger partial charge in [-0.3, -0.25) is 4.79 Å². The molecule has 1 heterocycles. The fourth-order valence-corrected chi connectivity index (χ4v) is 2.32. The smallest absolute Gasteiger partial charge is 0.311 e. The van der Waals surface area contributed by atoms with Crippen molar-refractivity contribution in [2.24, 2.45) is 5.41 Å². The summed E-state index contributed by atoms with van der Waals surface area (Å²) in [6.07, 6.45) is -6.40. The number of rotatable bonds is 5. The molecule has 0 aromatic heterocycles. The van der Waals surface area contributed by atoms with Crippen LogP contribution in [0, 0.1) is 5.41 Å². The van der Waals surface area contributed by atoms with Gasteiger partial charge in [0.2, 0.25) is 0 Å². The Hall–Kier alpha value is -1.51. The molecule has 1 saturated heterocycles. The minimum Gasteiger partial charge on any atom is -0.462 e. The number of hydrogen-bond donors (Lipinski definition) is 3. The molecule has 0 spiro atoms. The van der Waals surface area contributed by atoms with Crippen LogP contribution < -0.4 is 0 Å². The average Bonchev–Trinajstić information content (AvgIpc) is 2.58. The number of aliphatic hydroxyl groups excluding tert-OH is 3. The molecule has 1 aromatic carbocycles. The lowest BCUT2D eigenvalue weighted by molar-refractivity contribution is -0.305. The van der Waals surface area contributed by atoms with Crippen molar-refractivity contribution in [2.75, 3.05) is 6.61 Å². The zero-order valence-corrected chi connectivity index (χ0v) is 14.7. The van der Waals surface area contributed by atoms with Crippen molar-refractivity contribution in [3.63, 3.8) is 0 Å². The fourth-order valence-electron chi connectivity index (χ4n) is 2.32. The quantitative estimate of drug-likeness (QED) is 0.665. The van der Waals surface area contributed by atoms with E-state index in [0.29, 0.717) is 0 Å². The van der Waals surface area contributed by atoms with Crippen molar-refractivity contribution in [3.8, 4) is 0 Å². The third kappa shape index (κ3) is 5.23. The molecule has 0 aliphatic carbocycles. The number of benzene rings is 1. The van der Waals surface area contributed by atoms with Gasteiger partial charge in [0.1, 0.15) is 31.0 Å². The third-order valence-electron chi connectivity index (χ3n) is 3.92. The predicted octanol–water partition coefficient (Wildman–Crippen LogP) is 0.600. The van der Waals surface area contributed by atoms with Gasteiger partial charge in [-0.2, -0.15) is 0 Å². The van der Waals surface area contributed by atoms with Gasteiger partial charge in [0.25, 0.3) is 0 Å². The van der Waals surface area contributed by atoms with Crippen molar-refractivity contribution in [2.45, 2.75) is 58.1 Å². The molecule has 1 aliphatic heterocycles. The van der Waals surface area contributed by atoms with Crippen LogP contribution in [0.15, 0.2) is 30.3 Å². The number of ether oxygens (including phenoxy) is 3. The average molecular weight is 354 g/mol. The van der Waals surface area contributed by atoms with Crippen molar-refractivity contribution in [3.05, 3.63) is 35.9 Å². The van der Waals surface area contributed by atoms with E-state index in [0.717, 1.165) is 5.56 Å². The predicted molar refractivity (Wildman–Crippen MR) is 88.3 cm³/mol. The Bertz CT molecular complexity index is 554. The maximum absolute atomic E-state index is 11.8. The maximum atomic E-state index is 11.8. The summed E-state index contributed by atoms with van der Waals surface area (Å²) in [7, 11) is 0. The van der Waals surface area contributed by atoms with Crippen LogP contribution in [0.3, 0.4) is 0 Å². The highest BCUT2D eigenvalue weighted by molar-refractivity contribution is 5.75. The van der Waals surface area contributed by atoms with Crippen molar-refractivity contribution in [1.29, 1.82) is 0 Å². The molecule has 1 aliphatic rings. The van der Waals surface area contributed by atoms with Gasteiger partial charge in [0, 0.05) is 0 Å². The minimum absolute atomic E-state index is 0.167. The molecule has 1 aromatic rings. The molecule has 25 heavy (non-hydrogen) atoms. The number of esters is 1. The maximum Gasteiger partial charge on any atom is 0.311 e. The Morgan fingerprint density at radius 2 is 1.72 bits per heavy atom. The van der Waals surface area contributed by atoms with Crippen LogP contribution in [0.1, 0.15) is 26.3 Å². The van der Waals surface area contributed by atoms with E-state index in [1.807, 2.05) is 30.3 Å². The molecule has 3 N–H and O–H groups in total. The lowest BCUT2D eigenvalue weighted by atomic mass is 9.97. The second-order valence-electron chi connectivity index (χ2n) is 7.16. The van der Waals surface area contributed by atoms with E-state index < -0.39 is 42.1 Å². The SMILES string of the molecule is CC(C)(C)C(=O)OC[C@H]1O[C@@H](OCc2ccccc2)[C@H](O)[C@@H](O)[C@H]1O. The van der Waals surface area contributed by atoms with Crippen LogP contribution in [-0.2, 0) is 25.6 Å². The molecule has 0 saturated carbocycles. The highest BCUT2D eigenvalue weighted by atomic mass is 16.7. The topological polar surface area (TPSA) is 105 Å². The highest BCUT2D eigenvalue weighted by Crippen LogP contribution is 2.24. The third-order valence-corrected chi connectivity index (χ3v) is 3.92. The molecule has 0 radical (unpaired) electrons. The Kier molecular flexibility index (Phi) is 6.53. The first kappa shape index (κ1) is 19.8. The van der Waals surface area contributed by atoms with Gasteiger partial charge in [0.05, 0.1) is 12.0 Å². The van der Waals surface area contributed by atoms with Crippen molar-refractivity contribution >= 4 is 5.97 Å². The van der Waals surface area contributed by atoms with Crippen molar-refractivity contribution in [1.82, 2.24) is 0 Å². The summed E-state index contributed by atoms with van der Waals surface area (Å²) < 4.78 is 16.2. The van der Waals surface area contributed by atoms with Gasteiger partial charge in [-0.1, -0.05) is 30.3 Å². The second kappa shape index (κ2) is 8.25. The summed E-state index contributed by atoms with van der Waals surface area (Å²) in [5, 5.41) is 30.1. The van der Waals surface area contributed by atoms with E-state index in [1.54, 1.807) is 20.8 Å². The molecule has 5 atom stereocenters. The van der Waals surface area contributed by atoms with Gasteiger partial charge < -0.3 is 29.5 Å². The first-order valence-corrected chi connectivity index (χ1v) is 8.22. The van der Waals surface area contributed by atoms with Gasteiger partial charge >= 0.3 is 5.97 Å². The van der Waals surface area contributed by atoms with Crippen LogP contribution in [-0.4, -0.2) is 58.6 Å². The van der Waals surface area contributed by atoms with Crippen LogP contribution in [0.5, 0.6) is 0 Å². The summed E-state index contributed by atoms with van der Waals surface area (Å²) in [4.78, 5) is 11.8. The highest BCUT2D eigenvalue weighted by Gasteiger charge is 2.45. The molecule has 7 nitrogen and oxygen atoms in total. The van der Waals surface area contributed by atoms with Crippen LogP contribution >= 0.6 is 0 Å². The molecular weight excluding hydrogens is 328 g/mol. The summed E-state index contributed by atoms with van der Waals surface area (Å²) in [5.41, 5.74) is 0.177. The fraction of sp³-hybridized carbons (Fsp3) is 0.611. The largest absolute Gasteiger partial charge is 0.462 e. The van der Waals surface area contributed by atoms with Gasteiger partial charge in [-0.25, -0.2) is 0 Å². The van der Waals surface area contributed by atoms with Crippen LogP contribution in [0.4, 0.5) is 0 Å². The van der Waals surface area contributed by atoms with Crippen molar-refractivity contribution < 1.29 is 34.3 Å². The molecule has 0 unspecified atom stereocenters. The summed E-state index contributed by atoms with van der Waals surface area (Å²) in [5.74, 6) is -0.453. The van der Waals surface area contributed by atoms with E-state index >= 15 is 0 Å². The molecule has 7 heteroatoms. The minimum atomic E-state index is -1.46. The molecule has 1 fully saturated rings. The molecule has 0 bridgehead atoms. The Morgan fingerprint density at radius 3 is 2.32 bits per heavy atom. The van der Waals surface area contributed by atoms with E-state index in [9.17, 15) is 20.1 Å². The van der Waals surface area contributed by atoms with Gasteiger partial charge in [-0.15, -0.1) is 0 Å². The Labute approximate surface area is 147 Å². The van der Waals surface area contributed by atoms with E-state index in [-0.39, 0.29) is 13.2 Å².